The molecule has 24 rings (SSSR count). The van der Waals surface area contributed by atoms with Gasteiger partial charge in [0.15, 0.2) is 58.2 Å². The summed E-state index contributed by atoms with van der Waals surface area (Å²) < 4.78 is 19.5. The molecule has 0 bridgehead atoms. The number of nitrogens with zero attached hydrogens (tertiary/aromatic N) is 13. The second kappa shape index (κ2) is 38.8. The summed E-state index contributed by atoms with van der Waals surface area (Å²) in [5, 5.41) is 4.38. The summed E-state index contributed by atoms with van der Waals surface area (Å²) in [7, 11) is 0. The molecule has 16 nitrogen and oxygen atoms in total. The molecular formula is C127H81N13O3. The maximum Gasteiger partial charge on any atom is 0.164 e. The standard InChI is InChI=1S/C127H81N13O3/c1-6-21-89(22-7-1)119-132-120(90-23-8-2-9-24-90)136-125(135-119)96-52-65-107(66-53-96)141-104-59-46-84(47-60-104)103-76-101(82-34-40-87(41-35-82)116-33-18-19-72-128-116)75-102(77-103)83-36-42-88(43-37-83)117-71-58-100(81-131-117)113-80-115-111(86-48-61-105(62-49-86)142-108-67-54-97(55-68-108)126-137-121(91-25-10-3-11-26-91)133-122(138-126)92-27-12-4-13-28-92)78-99-31-16-17-32-110(99)114(115)79-112(113)85-38-44-95(45-39-85)124-134-123(93-29-14-5-15-30-93)139-127(140-124)98-56-69-109(70-57-98)143-106-63-50-94(51-64-106)118-129-73-20-74-130-118/h1-81H. The molecule has 0 aliphatic heterocycles. The van der Waals surface area contributed by atoms with Crippen LogP contribution in [-0.2, 0) is 0 Å². The van der Waals surface area contributed by atoms with Crippen molar-refractivity contribution in [1.29, 1.82) is 0 Å². The van der Waals surface area contributed by atoms with Gasteiger partial charge in [0.1, 0.15) is 34.5 Å². The van der Waals surface area contributed by atoms with Gasteiger partial charge < -0.3 is 14.2 Å². The van der Waals surface area contributed by atoms with Gasteiger partial charge in [-0.2, -0.15) is 0 Å². The molecule has 16 heteroatoms. The van der Waals surface area contributed by atoms with Crippen LogP contribution in [0.25, 0.3) is 225 Å². The third-order valence-electron chi connectivity index (χ3n) is 25.3. The van der Waals surface area contributed by atoms with Crippen LogP contribution >= 0.6 is 0 Å². The maximum atomic E-state index is 6.64. The van der Waals surface area contributed by atoms with Crippen molar-refractivity contribution >= 4 is 21.5 Å². The molecule has 6 heterocycles. The van der Waals surface area contributed by atoms with E-state index >= 15 is 0 Å². The molecule has 0 unspecified atom stereocenters. The fourth-order valence-electron chi connectivity index (χ4n) is 17.9. The van der Waals surface area contributed by atoms with Gasteiger partial charge in [-0.05, 0) is 265 Å². The van der Waals surface area contributed by atoms with Gasteiger partial charge >= 0.3 is 0 Å². The number of hydrogen-bond donors (Lipinski definition) is 0. The van der Waals surface area contributed by atoms with Crippen LogP contribution in [0.4, 0.5) is 0 Å². The SMILES string of the molecule is c1ccc(-c2nc(-c3ccccc3)nc(-c3ccc(Oc4ccc(-c5cc(-c6ccc(-c7ccccn7)cc6)cc(-c6ccc(-c7ccc(-c8cc9c(-c%10ccc(Oc%11ccc(-c%12nc(-c%13ccccc%13)nc(-c%13ccccc%13)n%12)cc%11)cc%10)cc%10ccccc%10c9cc8-c8ccc(-c9nc(-c%10ccccc%10)nc(-c%10ccc(Oc%11ccc(-c%12ncccn%12)cc%11)cc%10)n9)cc8)cn7)cc6)c5)cc4)cc3)n2)cc1. The van der Waals surface area contributed by atoms with Gasteiger partial charge in [0.25, 0.3) is 0 Å². The van der Waals surface area contributed by atoms with Crippen LogP contribution < -0.4 is 14.2 Å². The quantitative estimate of drug-likeness (QED) is 0.0518. The summed E-state index contributed by atoms with van der Waals surface area (Å²) in [6, 6.07) is 158. The number of pyridine rings is 2. The minimum atomic E-state index is 0.519. The second-order valence-corrected chi connectivity index (χ2v) is 34.5. The second-order valence-electron chi connectivity index (χ2n) is 34.5. The molecule has 0 radical (unpaired) electrons. The monoisotopic (exact) mass is 1840 g/mol. The van der Waals surface area contributed by atoms with Crippen LogP contribution in [0.2, 0.25) is 0 Å². The number of hydrogen-bond acceptors (Lipinski definition) is 16. The van der Waals surface area contributed by atoms with Crippen LogP contribution in [0.5, 0.6) is 34.5 Å². The summed E-state index contributed by atoms with van der Waals surface area (Å²) in [4.78, 5) is 64.0. The van der Waals surface area contributed by atoms with Crippen molar-refractivity contribution in [3.63, 3.8) is 0 Å². The molecule has 0 spiro atoms. The topological polar surface area (TPSA) is 195 Å². The Morgan fingerprint density at radius 3 is 0.741 bits per heavy atom. The van der Waals surface area contributed by atoms with Gasteiger partial charge in [0, 0.05) is 97.1 Å². The molecule has 0 amide bonds. The lowest BCUT2D eigenvalue weighted by atomic mass is 9.86. The molecule has 6 aromatic heterocycles. The normalized spacial score (nSPS) is 11.2. The van der Waals surface area contributed by atoms with Crippen LogP contribution in [0, 0.1) is 0 Å². The zero-order chi connectivity index (χ0) is 95.1. The molecule has 672 valence electrons. The average Bonchev–Trinajstić information content (AvgIpc) is 0.736. The Kier molecular flexibility index (Phi) is 23.4. The van der Waals surface area contributed by atoms with Crippen LogP contribution in [-0.4, -0.2) is 64.8 Å². The fraction of sp³-hybridized carbons (Fsp3) is 0. The van der Waals surface area contributed by atoms with E-state index in [-0.39, 0.29) is 0 Å². The van der Waals surface area contributed by atoms with Gasteiger partial charge in [-0.15, -0.1) is 0 Å². The number of ether oxygens (including phenoxy) is 3. The highest BCUT2D eigenvalue weighted by Crippen LogP contribution is 2.46. The predicted octanol–water partition coefficient (Wildman–Crippen LogP) is 31.5. The Morgan fingerprint density at radius 1 is 0.133 bits per heavy atom. The molecule has 18 aromatic carbocycles. The smallest absolute Gasteiger partial charge is 0.164 e. The Morgan fingerprint density at radius 2 is 0.392 bits per heavy atom. The largest absolute Gasteiger partial charge is 0.457 e. The minimum absolute atomic E-state index is 0.519. The first-order chi connectivity index (χ1) is 70.7. The van der Waals surface area contributed by atoms with E-state index in [0.717, 1.165) is 166 Å². The Bertz CT molecular complexity index is 8590. The van der Waals surface area contributed by atoms with Crippen molar-refractivity contribution in [2.75, 3.05) is 0 Å². The highest BCUT2D eigenvalue weighted by atomic mass is 16.5. The van der Waals surface area contributed by atoms with Gasteiger partial charge in [-0.3, -0.25) is 9.97 Å². The fourth-order valence-corrected chi connectivity index (χ4v) is 17.9. The molecule has 0 N–H and O–H groups in total. The Balaban J connectivity index is 0.551. The van der Waals surface area contributed by atoms with E-state index in [1.807, 2.05) is 304 Å². The summed E-state index contributed by atoms with van der Waals surface area (Å²) in [6.07, 6.45) is 7.30. The first-order valence-electron chi connectivity index (χ1n) is 47.1. The van der Waals surface area contributed by atoms with Crippen molar-refractivity contribution < 1.29 is 14.2 Å². The van der Waals surface area contributed by atoms with Crippen molar-refractivity contribution in [3.05, 3.63) is 492 Å². The van der Waals surface area contributed by atoms with Crippen LogP contribution in [0.1, 0.15) is 0 Å². The summed E-state index contributed by atoms with van der Waals surface area (Å²) in [5.41, 5.74) is 24.7. The maximum absolute atomic E-state index is 6.64. The van der Waals surface area contributed by atoms with Crippen LogP contribution in [0.15, 0.2) is 492 Å². The van der Waals surface area contributed by atoms with E-state index in [2.05, 4.69) is 185 Å². The number of benzene rings is 18. The summed E-state index contributed by atoms with van der Waals surface area (Å²) in [6.45, 7) is 0. The number of fused-ring (bicyclic) bond motifs is 3. The minimum Gasteiger partial charge on any atom is -0.457 e. The van der Waals surface area contributed by atoms with Gasteiger partial charge in [-0.1, -0.05) is 285 Å². The van der Waals surface area contributed by atoms with E-state index in [4.69, 9.17) is 64.1 Å². The molecule has 24 aromatic rings. The van der Waals surface area contributed by atoms with E-state index in [0.29, 0.717) is 92.7 Å². The Labute approximate surface area is 824 Å². The van der Waals surface area contributed by atoms with Gasteiger partial charge in [0.2, 0.25) is 0 Å². The number of rotatable bonds is 24. The number of aromatic nitrogens is 13. The highest BCUT2D eigenvalue weighted by Gasteiger charge is 2.23. The molecule has 0 saturated heterocycles. The van der Waals surface area contributed by atoms with Crippen LogP contribution in [0.3, 0.4) is 0 Å². The average molecular weight is 1840 g/mol. The van der Waals surface area contributed by atoms with E-state index < -0.39 is 0 Å². The lowest BCUT2D eigenvalue weighted by molar-refractivity contribution is 0.482. The van der Waals surface area contributed by atoms with E-state index in [9.17, 15) is 0 Å². The molecule has 0 saturated carbocycles. The summed E-state index contributed by atoms with van der Waals surface area (Å²) >= 11 is 0. The lowest BCUT2D eigenvalue weighted by Crippen LogP contribution is -2.00. The van der Waals surface area contributed by atoms with Crippen molar-refractivity contribution in [1.82, 2.24) is 64.8 Å². The lowest BCUT2D eigenvalue weighted by Gasteiger charge is -2.18. The molecule has 0 atom stereocenters. The predicted molar refractivity (Wildman–Crippen MR) is 570 cm³/mol. The van der Waals surface area contributed by atoms with Crippen molar-refractivity contribution in [2.45, 2.75) is 0 Å². The molecule has 0 aliphatic carbocycles. The first-order valence-corrected chi connectivity index (χ1v) is 47.1. The zero-order valence-corrected chi connectivity index (χ0v) is 76.8. The highest BCUT2D eigenvalue weighted by molar-refractivity contribution is 6.17. The van der Waals surface area contributed by atoms with E-state index in [1.54, 1.807) is 18.5 Å². The molecule has 0 aliphatic rings. The van der Waals surface area contributed by atoms with E-state index in [1.165, 1.54) is 0 Å². The summed E-state index contributed by atoms with van der Waals surface area (Å²) in [5.74, 6) is 9.82. The van der Waals surface area contributed by atoms with Crippen molar-refractivity contribution in [3.8, 4) is 238 Å². The molecule has 143 heavy (non-hydrogen) atoms. The van der Waals surface area contributed by atoms with Gasteiger partial charge in [0.05, 0.1) is 11.4 Å². The van der Waals surface area contributed by atoms with Crippen molar-refractivity contribution in [2.24, 2.45) is 0 Å². The third-order valence-corrected chi connectivity index (χ3v) is 25.3. The third kappa shape index (κ3) is 18.7. The zero-order valence-electron chi connectivity index (χ0n) is 76.8. The first kappa shape index (κ1) is 86.2. The molecular weight excluding hydrogens is 1760 g/mol. The molecule has 0 fully saturated rings. The van der Waals surface area contributed by atoms with Gasteiger partial charge in [-0.25, -0.2) is 54.8 Å². The Hall–Kier alpha value is -19.7.